The maximum absolute atomic E-state index is 12.8. The fraction of sp³-hybridized carbons (Fsp3) is 0.650. The number of hydrogen-bond acceptors (Lipinski definition) is 6. The molecule has 144 valence electrons. The van der Waals surface area contributed by atoms with Gasteiger partial charge >= 0.3 is 5.97 Å². The van der Waals surface area contributed by atoms with E-state index in [0.717, 1.165) is 25.9 Å². The fourth-order valence-corrected chi connectivity index (χ4v) is 4.33. The first-order valence-corrected chi connectivity index (χ1v) is 9.27. The van der Waals surface area contributed by atoms with Crippen LogP contribution >= 0.6 is 0 Å². The van der Waals surface area contributed by atoms with Crippen LogP contribution in [0.25, 0.3) is 0 Å². The van der Waals surface area contributed by atoms with Crippen molar-refractivity contribution < 1.29 is 23.7 Å². The van der Waals surface area contributed by atoms with Crippen LogP contribution in [-0.2, 0) is 4.74 Å². The molecule has 3 atom stereocenters. The molecular weight excluding hydrogens is 334 g/mol. The normalized spacial score (nSPS) is 25.9. The van der Waals surface area contributed by atoms with Crippen LogP contribution < -0.4 is 14.2 Å². The molecule has 0 N–H and O–H groups in total. The summed E-state index contributed by atoms with van der Waals surface area (Å²) in [7, 11) is 6.76. The quantitative estimate of drug-likeness (QED) is 0.750. The number of likely N-dealkylation sites (tertiary alicyclic amines) is 1. The van der Waals surface area contributed by atoms with Crippen molar-refractivity contribution >= 4 is 5.97 Å². The van der Waals surface area contributed by atoms with Gasteiger partial charge < -0.3 is 23.8 Å². The number of methoxy groups -OCH3 is 3. The number of piperidine rings is 1. The van der Waals surface area contributed by atoms with Crippen LogP contribution in [0.1, 0.15) is 36.0 Å². The van der Waals surface area contributed by atoms with Crippen LogP contribution in [0.4, 0.5) is 0 Å². The van der Waals surface area contributed by atoms with Gasteiger partial charge in [-0.05, 0) is 57.3 Å². The van der Waals surface area contributed by atoms with Crippen molar-refractivity contribution in [3.8, 4) is 17.2 Å². The van der Waals surface area contributed by atoms with E-state index in [0.29, 0.717) is 34.6 Å². The number of benzene rings is 1. The number of fused-ring (bicyclic) bond motifs is 1. The molecule has 0 unspecified atom stereocenters. The van der Waals surface area contributed by atoms with Gasteiger partial charge in [-0.15, -0.1) is 0 Å². The lowest BCUT2D eigenvalue weighted by atomic mass is 9.73. The molecule has 0 aromatic heterocycles. The fourth-order valence-electron chi connectivity index (χ4n) is 4.33. The maximum Gasteiger partial charge on any atom is 0.338 e. The highest BCUT2D eigenvalue weighted by Crippen LogP contribution is 2.40. The number of hydrogen-bond donors (Lipinski definition) is 0. The van der Waals surface area contributed by atoms with E-state index in [9.17, 15) is 4.79 Å². The molecule has 6 heteroatoms. The topological polar surface area (TPSA) is 57.2 Å². The molecule has 0 amide bonds. The highest BCUT2D eigenvalue weighted by atomic mass is 16.5. The number of rotatable bonds is 5. The van der Waals surface area contributed by atoms with Crippen molar-refractivity contribution in [3.63, 3.8) is 0 Å². The number of carbonyl (C=O) groups excluding carboxylic acids is 1. The first kappa shape index (κ1) is 18.8. The second kappa shape index (κ2) is 8.16. The minimum Gasteiger partial charge on any atom is -0.493 e. The molecular formula is C20H29NO5. The van der Waals surface area contributed by atoms with Gasteiger partial charge in [-0.1, -0.05) is 0 Å². The van der Waals surface area contributed by atoms with E-state index in [1.54, 1.807) is 19.2 Å². The van der Waals surface area contributed by atoms with Crippen molar-refractivity contribution in [3.05, 3.63) is 17.7 Å². The molecule has 0 spiro atoms. The van der Waals surface area contributed by atoms with Gasteiger partial charge in [0.05, 0.1) is 26.9 Å². The van der Waals surface area contributed by atoms with E-state index < -0.39 is 0 Å². The van der Waals surface area contributed by atoms with Crippen molar-refractivity contribution in [1.29, 1.82) is 0 Å². The molecule has 6 nitrogen and oxygen atoms in total. The number of carbonyl (C=O) groups is 1. The van der Waals surface area contributed by atoms with Crippen LogP contribution in [0.3, 0.4) is 0 Å². The SMILES string of the molecule is COc1cc(C(=O)O[C@@H]2CCC[C@@H]3CCN(C)C[C@@H]32)cc(OC)c1OC. The monoisotopic (exact) mass is 363 g/mol. The summed E-state index contributed by atoms with van der Waals surface area (Å²) in [6, 6.07) is 3.30. The molecule has 1 aliphatic carbocycles. The summed E-state index contributed by atoms with van der Waals surface area (Å²) < 4.78 is 21.9. The van der Waals surface area contributed by atoms with Crippen molar-refractivity contribution in [2.75, 3.05) is 41.5 Å². The van der Waals surface area contributed by atoms with Gasteiger partial charge in [-0.3, -0.25) is 0 Å². The molecule has 0 radical (unpaired) electrons. The maximum atomic E-state index is 12.8. The van der Waals surface area contributed by atoms with Crippen LogP contribution in [-0.4, -0.2) is 58.4 Å². The molecule has 3 rings (SSSR count). The van der Waals surface area contributed by atoms with Gasteiger partial charge in [0.1, 0.15) is 6.10 Å². The first-order valence-electron chi connectivity index (χ1n) is 9.27. The smallest absolute Gasteiger partial charge is 0.338 e. The molecule has 1 aromatic rings. The number of esters is 1. The van der Waals surface area contributed by atoms with Gasteiger partial charge in [-0.25, -0.2) is 4.79 Å². The van der Waals surface area contributed by atoms with Crippen LogP contribution in [0.5, 0.6) is 17.2 Å². The molecule has 1 aliphatic heterocycles. The minimum absolute atomic E-state index is 0.0249. The van der Waals surface area contributed by atoms with E-state index in [2.05, 4.69) is 11.9 Å². The summed E-state index contributed by atoms with van der Waals surface area (Å²) in [6.07, 6.45) is 4.47. The first-order chi connectivity index (χ1) is 12.6. The standard InChI is InChI=1S/C20H29NO5/c1-21-9-8-13-6-5-7-16(15(13)12-21)26-20(22)14-10-17(23-2)19(25-4)18(11-14)24-3/h10-11,13,15-16H,5-9,12H2,1-4H3/t13-,15+,16-/m1/s1. The lowest BCUT2D eigenvalue weighted by molar-refractivity contribution is -0.0366. The summed E-state index contributed by atoms with van der Waals surface area (Å²) in [6.45, 7) is 2.13. The average molecular weight is 363 g/mol. The van der Waals surface area contributed by atoms with Crippen molar-refractivity contribution in [2.45, 2.75) is 31.8 Å². The van der Waals surface area contributed by atoms with Crippen LogP contribution in [0.2, 0.25) is 0 Å². The summed E-state index contributed by atoms with van der Waals surface area (Å²) in [4.78, 5) is 15.2. The number of ether oxygens (including phenoxy) is 4. The van der Waals surface area contributed by atoms with Gasteiger partial charge in [0.15, 0.2) is 11.5 Å². The zero-order valence-electron chi connectivity index (χ0n) is 16.1. The summed E-state index contributed by atoms with van der Waals surface area (Å²) >= 11 is 0. The third kappa shape index (κ3) is 3.75. The Labute approximate surface area is 155 Å². The molecule has 1 saturated carbocycles. The molecule has 26 heavy (non-hydrogen) atoms. The Kier molecular flexibility index (Phi) is 5.91. The Morgan fingerprint density at radius 1 is 1.04 bits per heavy atom. The van der Waals surface area contributed by atoms with Crippen molar-refractivity contribution in [1.82, 2.24) is 4.90 Å². The second-order valence-electron chi connectivity index (χ2n) is 7.26. The lowest BCUT2D eigenvalue weighted by Crippen LogP contribution is -2.47. The summed E-state index contributed by atoms with van der Waals surface area (Å²) in [5.74, 6) is 2.14. The molecule has 1 saturated heterocycles. The Balaban J connectivity index is 1.79. The Morgan fingerprint density at radius 3 is 2.35 bits per heavy atom. The molecule has 1 heterocycles. The van der Waals surface area contributed by atoms with Gasteiger partial charge in [-0.2, -0.15) is 0 Å². The lowest BCUT2D eigenvalue weighted by Gasteiger charge is -2.43. The molecule has 1 aromatic carbocycles. The number of nitrogens with zero attached hydrogens (tertiary/aromatic N) is 1. The van der Waals surface area contributed by atoms with Gasteiger partial charge in [0.25, 0.3) is 0 Å². The highest BCUT2D eigenvalue weighted by molar-refractivity contribution is 5.91. The zero-order valence-corrected chi connectivity index (χ0v) is 16.1. The van der Waals surface area contributed by atoms with Crippen LogP contribution in [0.15, 0.2) is 12.1 Å². The van der Waals surface area contributed by atoms with Gasteiger partial charge in [0, 0.05) is 12.5 Å². The average Bonchev–Trinajstić information content (AvgIpc) is 2.67. The van der Waals surface area contributed by atoms with E-state index >= 15 is 0 Å². The molecule has 0 bridgehead atoms. The zero-order chi connectivity index (χ0) is 18.7. The molecule has 2 fully saturated rings. The van der Waals surface area contributed by atoms with E-state index in [1.165, 1.54) is 27.1 Å². The highest BCUT2D eigenvalue weighted by Gasteiger charge is 2.38. The predicted octanol–water partition coefficient (Wildman–Crippen LogP) is 2.99. The predicted molar refractivity (Wildman–Crippen MR) is 98.2 cm³/mol. The molecule has 2 aliphatic rings. The van der Waals surface area contributed by atoms with E-state index in [4.69, 9.17) is 18.9 Å². The Hall–Kier alpha value is -1.95. The second-order valence-corrected chi connectivity index (χ2v) is 7.26. The third-order valence-electron chi connectivity index (χ3n) is 5.71. The Morgan fingerprint density at radius 2 is 1.73 bits per heavy atom. The minimum atomic E-state index is -0.330. The van der Waals surface area contributed by atoms with Gasteiger partial charge in [0.2, 0.25) is 5.75 Å². The summed E-state index contributed by atoms with van der Waals surface area (Å²) in [5.41, 5.74) is 0.422. The van der Waals surface area contributed by atoms with Crippen molar-refractivity contribution in [2.24, 2.45) is 11.8 Å². The van der Waals surface area contributed by atoms with E-state index in [1.807, 2.05) is 0 Å². The van der Waals surface area contributed by atoms with Crippen LogP contribution in [0, 0.1) is 11.8 Å². The third-order valence-corrected chi connectivity index (χ3v) is 5.71. The summed E-state index contributed by atoms with van der Waals surface area (Å²) in [5, 5.41) is 0. The largest absolute Gasteiger partial charge is 0.493 e. The Bertz CT molecular complexity index is 622. The van der Waals surface area contributed by atoms with E-state index in [-0.39, 0.29) is 12.1 Å².